The monoisotopic (exact) mass is 588 g/mol. The lowest BCUT2D eigenvalue weighted by atomic mass is 9.97. The largest absolute Gasteiger partial charge is 0.480 e. The number of rotatable bonds is 12. The van der Waals surface area contributed by atoms with Crippen LogP contribution in [0.15, 0.2) is 48.5 Å². The minimum atomic E-state index is -1.41. The molecule has 2 aromatic carbocycles. The number of carbonyl (C=O) groups excluding carboxylic acids is 4. The summed E-state index contributed by atoms with van der Waals surface area (Å²) in [5.41, 5.74) is 1.98. The van der Waals surface area contributed by atoms with Crippen LogP contribution in [-0.4, -0.2) is 78.9 Å². The van der Waals surface area contributed by atoms with Crippen molar-refractivity contribution in [2.45, 2.75) is 65.0 Å². The van der Waals surface area contributed by atoms with E-state index in [1.54, 1.807) is 48.5 Å². The number of esters is 4. The summed E-state index contributed by atoms with van der Waals surface area (Å²) in [5, 5.41) is 8.84. The van der Waals surface area contributed by atoms with Crippen molar-refractivity contribution in [2.24, 2.45) is 0 Å². The third kappa shape index (κ3) is 9.28. The summed E-state index contributed by atoms with van der Waals surface area (Å²) in [6.07, 6.45) is -6.66. The normalized spacial score (nSPS) is 21.5. The van der Waals surface area contributed by atoms with Gasteiger partial charge in [-0.05, 0) is 23.3 Å². The molecule has 13 nitrogen and oxygen atoms in total. The van der Waals surface area contributed by atoms with Crippen LogP contribution in [0.25, 0.3) is 11.1 Å². The molecule has 5 atom stereocenters. The Bertz CT molecular complexity index is 1290. The van der Waals surface area contributed by atoms with Crippen molar-refractivity contribution in [3.05, 3.63) is 54.1 Å². The van der Waals surface area contributed by atoms with Gasteiger partial charge in [-0.15, -0.1) is 0 Å². The van der Waals surface area contributed by atoms with Gasteiger partial charge in [0.05, 0.1) is 6.61 Å². The fourth-order valence-corrected chi connectivity index (χ4v) is 4.30. The van der Waals surface area contributed by atoms with E-state index in [-0.39, 0.29) is 12.4 Å². The summed E-state index contributed by atoms with van der Waals surface area (Å²) in [4.78, 5) is 58.5. The Morgan fingerprint density at radius 1 is 0.786 bits per heavy atom. The molecule has 0 saturated carbocycles. The minimum Gasteiger partial charge on any atom is -0.480 e. The van der Waals surface area contributed by atoms with Crippen LogP contribution in [0.3, 0.4) is 0 Å². The third-order valence-electron chi connectivity index (χ3n) is 5.81. The van der Waals surface area contributed by atoms with E-state index in [1.807, 2.05) is 0 Å². The van der Waals surface area contributed by atoms with Gasteiger partial charge < -0.3 is 38.3 Å². The van der Waals surface area contributed by atoms with Gasteiger partial charge in [0.2, 0.25) is 12.4 Å². The molecule has 1 saturated heterocycles. The van der Waals surface area contributed by atoms with E-state index >= 15 is 0 Å². The Kier molecular flexibility index (Phi) is 11.4. The molecule has 0 aliphatic carbocycles. The van der Waals surface area contributed by atoms with E-state index in [1.165, 1.54) is 6.92 Å². The van der Waals surface area contributed by atoms with Gasteiger partial charge in [-0.1, -0.05) is 36.4 Å². The molecule has 0 spiro atoms. The number of benzene rings is 2. The van der Waals surface area contributed by atoms with Crippen molar-refractivity contribution in [1.29, 1.82) is 0 Å². The van der Waals surface area contributed by atoms with Crippen LogP contribution in [0.5, 0.6) is 5.75 Å². The summed E-state index contributed by atoms with van der Waals surface area (Å²) < 4.78 is 38.9. The molecule has 1 fully saturated rings. The highest BCUT2D eigenvalue weighted by Gasteiger charge is 2.53. The van der Waals surface area contributed by atoms with E-state index < -0.39 is 73.8 Å². The summed E-state index contributed by atoms with van der Waals surface area (Å²) in [7, 11) is 0. The first kappa shape index (κ1) is 32.0. The highest BCUT2D eigenvalue weighted by atomic mass is 16.7. The highest BCUT2D eigenvalue weighted by molar-refractivity contribution is 5.71. The first-order chi connectivity index (χ1) is 19.9. The number of para-hydroxylation sites is 1. The standard InChI is InChI=1S/C29H32O13/c1-16(30)37-14-24-26(38-17(2)31)27(39-18(3)32)28(40-19(4)33)29(42-24)41-23-11-6-5-10-22(23)21-9-7-8-20(12-21)13-36-15-25(34)35/h5-12,24,26-29H,13-15H2,1-4H3,(H,34,35)/t24-,26-,27+,28+,29-/m1/s1. The van der Waals surface area contributed by atoms with Gasteiger partial charge in [0.25, 0.3) is 0 Å². The number of hydrogen-bond acceptors (Lipinski definition) is 12. The number of ether oxygens (including phenoxy) is 7. The molecule has 0 aromatic heterocycles. The summed E-state index contributed by atoms with van der Waals surface area (Å²) >= 11 is 0. The van der Waals surface area contributed by atoms with Crippen LogP contribution in [0.1, 0.15) is 33.3 Å². The number of aliphatic carboxylic acids is 1. The number of hydrogen-bond donors (Lipinski definition) is 1. The second kappa shape index (κ2) is 14.9. The topological polar surface area (TPSA) is 170 Å². The van der Waals surface area contributed by atoms with Crippen LogP contribution < -0.4 is 4.74 Å². The zero-order chi connectivity index (χ0) is 30.8. The number of carboxylic acids is 1. The van der Waals surface area contributed by atoms with Crippen molar-refractivity contribution >= 4 is 29.8 Å². The molecule has 0 radical (unpaired) electrons. The maximum Gasteiger partial charge on any atom is 0.329 e. The van der Waals surface area contributed by atoms with Crippen molar-refractivity contribution in [3.8, 4) is 16.9 Å². The maximum atomic E-state index is 12.1. The summed E-state index contributed by atoms with van der Waals surface area (Å²) in [5.74, 6) is -3.70. The predicted molar refractivity (Wildman–Crippen MR) is 142 cm³/mol. The number of carboxylic acid groups (broad SMARTS) is 1. The van der Waals surface area contributed by atoms with E-state index in [0.717, 1.165) is 20.8 Å². The van der Waals surface area contributed by atoms with Crippen LogP contribution >= 0.6 is 0 Å². The summed E-state index contributed by atoms with van der Waals surface area (Å²) in [6.45, 7) is 3.80. The average molecular weight is 589 g/mol. The third-order valence-corrected chi connectivity index (χ3v) is 5.81. The van der Waals surface area contributed by atoms with Crippen molar-refractivity contribution in [2.75, 3.05) is 13.2 Å². The lowest BCUT2D eigenvalue weighted by molar-refractivity contribution is -0.288. The molecule has 1 N–H and O–H groups in total. The van der Waals surface area contributed by atoms with Gasteiger partial charge in [0.15, 0.2) is 12.2 Å². The fraction of sp³-hybridized carbons (Fsp3) is 0.414. The Morgan fingerprint density at radius 2 is 1.43 bits per heavy atom. The molecule has 226 valence electrons. The lowest BCUT2D eigenvalue weighted by Gasteiger charge is -2.44. The van der Waals surface area contributed by atoms with Crippen LogP contribution in [0, 0.1) is 0 Å². The van der Waals surface area contributed by atoms with Crippen molar-refractivity contribution in [1.82, 2.24) is 0 Å². The second-order valence-electron chi connectivity index (χ2n) is 9.27. The van der Waals surface area contributed by atoms with E-state index in [0.29, 0.717) is 16.7 Å². The van der Waals surface area contributed by atoms with Gasteiger partial charge in [-0.3, -0.25) is 19.2 Å². The Hall–Kier alpha value is -4.49. The van der Waals surface area contributed by atoms with E-state index in [4.69, 9.17) is 38.3 Å². The zero-order valence-electron chi connectivity index (χ0n) is 23.5. The lowest BCUT2D eigenvalue weighted by Crippen LogP contribution is -2.63. The molecular formula is C29H32O13. The van der Waals surface area contributed by atoms with Gasteiger partial charge >= 0.3 is 29.8 Å². The van der Waals surface area contributed by atoms with Crippen LogP contribution in [-0.2, 0) is 59.0 Å². The first-order valence-electron chi connectivity index (χ1n) is 12.9. The van der Waals surface area contributed by atoms with E-state index in [9.17, 15) is 24.0 Å². The highest BCUT2D eigenvalue weighted by Crippen LogP contribution is 2.35. The van der Waals surface area contributed by atoms with Gasteiger partial charge in [0, 0.05) is 33.3 Å². The van der Waals surface area contributed by atoms with Crippen molar-refractivity contribution in [3.63, 3.8) is 0 Å². The van der Waals surface area contributed by atoms with E-state index in [2.05, 4.69) is 0 Å². The second-order valence-corrected chi connectivity index (χ2v) is 9.27. The molecule has 1 aliphatic heterocycles. The molecule has 1 aliphatic rings. The first-order valence-corrected chi connectivity index (χ1v) is 12.9. The zero-order valence-corrected chi connectivity index (χ0v) is 23.5. The Morgan fingerprint density at radius 3 is 2.07 bits per heavy atom. The fourth-order valence-electron chi connectivity index (χ4n) is 4.30. The predicted octanol–water partition coefficient (Wildman–Crippen LogP) is 2.42. The average Bonchev–Trinajstić information content (AvgIpc) is 2.90. The molecule has 2 aromatic rings. The maximum absolute atomic E-state index is 12.1. The Balaban J connectivity index is 2.00. The number of carbonyl (C=O) groups is 5. The van der Waals surface area contributed by atoms with Crippen molar-refractivity contribution < 1.29 is 62.2 Å². The SMILES string of the molecule is CC(=O)OC[C@H]1O[C@@H](Oc2ccccc2-c2cccc(COCC(=O)O)c2)[C@@H](OC(C)=O)[C@@H](OC(C)=O)[C@@H]1OC(C)=O. The smallest absolute Gasteiger partial charge is 0.329 e. The minimum absolute atomic E-state index is 0.0584. The van der Waals surface area contributed by atoms with Gasteiger partial charge in [0.1, 0.15) is 25.1 Å². The van der Waals surface area contributed by atoms with Crippen LogP contribution in [0.4, 0.5) is 0 Å². The van der Waals surface area contributed by atoms with Gasteiger partial charge in [-0.25, -0.2) is 4.79 Å². The Labute approximate surface area is 241 Å². The summed E-state index contributed by atoms with van der Waals surface area (Å²) in [6, 6.07) is 14.0. The van der Waals surface area contributed by atoms with Gasteiger partial charge in [-0.2, -0.15) is 0 Å². The molecule has 1 heterocycles. The quantitative estimate of drug-likeness (QED) is 0.283. The molecule has 42 heavy (non-hydrogen) atoms. The molecule has 3 rings (SSSR count). The molecular weight excluding hydrogens is 556 g/mol. The molecule has 13 heteroatoms. The molecule has 0 amide bonds. The molecule has 0 bridgehead atoms. The van der Waals surface area contributed by atoms with Crippen LogP contribution in [0.2, 0.25) is 0 Å². The molecule has 0 unspecified atom stereocenters.